The van der Waals surface area contributed by atoms with Crippen molar-refractivity contribution in [2.24, 2.45) is 5.92 Å². The first-order chi connectivity index (χ1) is 9.35. The zero-order valence-electron chi connectivity index (χ0n) is 12.1. The zero-order chi connectivity index (χ0) is 13.1. The summed E-state index contributed by atoms with van der Waals surface area (Å²) in [6.07, 6.45) is 5.50. The Hall–Kier alpha value is -0.860. The summed E-state index contributed by atoms with van der Waals surface area (Å²) in [5.41, 5.74) is 3.08. The Morgan fingerprint density at radius 1 is 1.16 bits per heavy atom. The van der Waals surface area contributed by atoms with Crippen LogP contribution in [-0.4, -0.2) is 31.6 Å². The summed E-state index contributed by atoms with van der Waals surface area (Å²) in [7, 11) is 2.07. The zero-order valence-corrected chi connectivity index (χ0v) is 12.1. The van der Waals surface area contributed by atoms with Gasteiger partial charge in [0, 0.05) is 6.54 Å². The van der Waals surface area contributed by atoms with Crippen LogP contribution >= 0.6 is 0 Å². The van der Waals surface area contributed by atoms with E-state index in [2.05, 4.69) is 41.5 Å². The lowest BCUT2D eigenvalue weighted by atomic mass is 9.96. The van der Waals surface area contributed by atoms with Gasteiger partial charge in [-0.05, 0) is 75.3 Å². The highest BCUT2D eigenvalue weighted by Crippen LogP contribution is 2.40. The Morgan fingerprint density at radius 2 is 1.95 bits per heavy atom. The molecular weight excluding hydrogens is 232 g/mol. The predicted molar refractivity (Wildman–Crippen MR) is 80.3 cm³/mol. The molecule has 1 heterocycles. The van der Waals surface area contributed by atoms with Crippen molar-refractivity contribution in [2.45, 2.75) is 38.1 Å². The summed E-state index contributed by atoms with van der Waals surface area (Å²) in [6, 6.07) is 9.29. The van der Waals surface area contributed by atoms with Crippen LogP contribution in [0.5, 0.6) is 0 Å². The van der Waals surface area contributed by atoms with Crippen molar-refractivity contribution in [2.75, 3.05) is 26.7 Å². The molecule has 1 aromatic carbocycles. The second kappa shape index (κ2) is 6.06. The molecule has 0 amide bonds. The number of nitrogens with one attached hydrogen (secondary N) is 1. The van der Waals surface area contributed by atoms with E-state index in [1.807, 2.05) is 0 Å². The second-order valence-electron chi connectivity index (χ2n) is 6.30. The van der Waals surface area contributed by atoms with Gasteiger partial charge in [0.1, 0.15) is 0 Å². The maximum atomic E-state index is 3.31. The SMILES string of the molecule is CNCC1CCN(Cc2cccc(C3CC3)c2)CC1. The number of hydrogen-bond donors (Lipinski definition) is 1. The second-order valence-corrected chi connectivity index (χ2v) is 6.30. The van der Waals surface area contributed by atoms with Crippen molar-refractivity contribution < 1.29 is 0 Å². The molecule has 0 spiro atoms. The van der Waals surface area contributed by atoms with Crippen molar-refractivity contribution in [3.8, 4) is 0 Å². The normalized spacial score (nSPS) is 21.7. The molecule has 0 aromatic heterocycles. The average molecular weight is 258 g/mol. The molecule has 2 heteroatoms. The van der Waals surface area contributed by atoms with Crippen molar-refractivity contribution in [3.05, 3.63) is 35.4 Å². The first-order valence-electron chi connectivity index (χ1n) is 7.81. The average Bonchev–Trinajstić information content (AvgIpc) is 3.26. The van der Waals surface area contributed by atoms with E-state index in [0.29, 0.717) is 0 Å². The summed E-state index contributed by atoms with van der Waals surface area (Å²) >= 11 is 0. The summed E-state index contributed by atoms with van der Waals surface area (Å²) in [6.45, 7) is 4.86. The molecule has 1 saturated carbocycles. The highest BCUT2D eigenvalue weighted by Gasteiger charge is 2.24. The molecule has 2 aliphatic rings. The topological polar surface area (TPSA) is 15.3 Å². The van der Waals surface area contributed by atoms with Gasteiger partial charge < -0.3 is 5.32 Å². The Kier molecular flexibility index (Phi) is 4.19. The number of benzene rings is 1. The molecule has 2 nitrogen and oxygen atoms in total. The van der Waals surface area contributed by atoms with Crippen LogP contribution in [0.3, 0.4) is 0 Å². The summed E-state index contributed by atoms with van der Waals surface area (Å²) < 4.78 is 0. The molecule has 0 radical (unpaired) electrons. The number of nitrogens with zero attached hydrogens (tertiary/aromatic N) is 1. The monoisotopic (exact) mass is 258 g/mol. The fourth-order valence-corrected chi connectivity index (χ4v) is 3.26. The Balaban J connectivity index is 1.52. The highest BCUT2D eigenvalue weighted by molar-refractivity contribution is 5.29. The lowest BCUT2D eigenvalue weighted by molar-refractivity contribution is 0.177. The first kappa shape index (κ1) is 13.1. The summed E-state index contributed by atoms with van der Waals surface area (Å²) in [4.78, 5) is 2.62. The molecule has 0 bridgehead atoms. The van der Waals surface area contributed by atoms with Crippen molar-refractivity contribution in [1.29, 1.82) is 0 Å². The smallest absolute Gasteiger partial charge is 0.0233 e. The van der Waals surface area contributed by atoms with Gasteiger partial charge in [-0.2, -0.15) is 0 Å². The maximum Gasteiger partial charge on any atom is 0.0233 e. The molecule has 1 aromatic rings. The molecule has 1 aliphatic heterocycles. The number of piperidine rings is 1. The van der Waals surface area contributed by atoms with Gasteiger partial charge in [0.25, 0.3) is 0 Å². The lowest BCUT2D eigenvalue weighted by Gasteiger charge is -2.32. The molecule has 1 aliphatic carbocycles. The van der Waals surface area contributed by atoms with Gasteiger partial charge in [-0.15, -0.1) is 0 Å². The fourth-order valence-electron chi connectivity index (χ4n) is 3.26. The third-order valence-corrected chi connectivity index (χ3v) is 4.61. The standard InChI is InChI=1S/C17H26N2/c1-18-12-14-7-9-19(10-8-14)13-15-3-2-4-17(11-15)16-5-6-16/h2-4,11,14,16,18H,5-10,12-13H2,1H3. The fraction of sp³-hybridized carbons (Fsp3) is 0.647. The highest BCUT2D eigenvalue weighted by atomic mass is 15.1. The molecule has 19 heavy (non-hydrogen) atoms. The van der Waals surface area contributed by atoms with Crippen LogP contribution in [-0.2, 0) is 6.54 Å². The van der Waals surface area contributed by atoms with Gasteiger partial charge >= 0.3 is 0 Å². The molecule has 0 atom stereocenters. The van der Waals surface area contributed by atoms with E-state index in [4.69, 9.17) is 0 Å². The quantitative estimate of drug-likeness (QED) is 0.873. The van der Waals surface area contributed by atoms with Crippen molar-refractivity contribution >= 4 is 0 Å². The van der Waals surface area contributed by atoms with Gasteiger partial charge in [0.2, 0.25) is 0 Å². The number of rotatable bonds is 5. The predicted octanol–water partition coefficient (Wildman–Crippen LogP) is 3.00. The van der Waals surface area contributed by atoms with Gasteiger partial charge in [-0.3, -0.25) is 4.90 Å². The van der Waals surface area contributed by atoms with Gasteiger partial charge in [-0.25, -0.2) is 0 Å². The van der Waals surface area contributed by atoms with Gasteiger partial charge in [0.05, 0.1) is 0 Å². The number of hydrogen-bond acceptors (Lipinski definition) is 2. The molecule has 1 N–H and O–H groups in total. The van der Waals surface area contributed by atoms with Crippen molar-refractivity contribution in [1.82, 2.24) is 10.2 Å². The first-order valence-corrected chi connectivity index (χ1v) is 7.81. The molecule has 0 unspecified atom stereocenters. The van der Waals surface area contributed by atoms with Crippen LogP contribution in [0.25, 0.3) is 0 Å². The molecule has 104 valence electrons. The molecule has 3 rings (SSSR count). The van der Waals surface area contributed by atoms with E-state index < -0.39 is 0 Å². The van der Waals surface area contributed by atoms with E-state index in [1.54, 1.807) is 5.56 Å². The molecular formula is C17H26N2. The minimum atomic E-state index is 0.876. The Morgan fingerprint density at radius 3 is 2.63 bits per heavy atom. The lowest BCUT2D eigenvalue weighted by Crippen LogP contribution is -2.36. The van der Waals surface area contributed by atoms with Crippen LogP contribution in [0.1, 0.15) is 42.7 Å². The van der Waals surface area contributed by atoms with E-state index in [-0.39, 0.29) is 0 Å². The van der Waals surface area contributed by atoms with Crippen LogP contribution in [0.2, 0.25) is 0 Å². The molecule has 2 fully saturated rings. The van der Waals surface area contributed by atoms with Gasteiger partial charge in [0.15, 0.2) is 0 Å². The van der Waals surface area contributed by atoms with Crippen LogP contribution in [0.15, 0.2) is 24.3 Å². The Labute approximate surface area is 117 Å². The summed E-state index contributed by atoms with van der Waals surface area (Å²) in [5.74, 6) is 1.76. The minimum absolute atomic E-state index is 0.876. The van der Waals surface area contributed by atoms with E-state index in [9.17, 15) is 0 Å². The minimum Gasteiger partial charge on any atom is -0.319 e. The Bertz CT molecular complexity index is 403. The van der Waals surface area contributed by atoms with Crippen LogP contribution < -0.4 is 5.32 Å². The largest absolute Gasteiger partial charge is 0.319 e. The van der Waals surface area contributed by atoms with Gasteiger partial charge in [-0.1, -0.05) is 24.3 Å². The maximum absolute atomic E-state index is 3.31. The van der Waals surface area contributed by atoms with Crippen molar-refractivity contribution in [3.63, 3.8) is 0 Å². The van der Waals surface area contributed by atoms with E-state index >= 15 is 0 Å². The van der Waals surface area contributed by atoms with Crippen LogP contribution in [0, 0.1) is 5.92 Å². The third-order valence-electron chi connectivity index (χ3n) is 4.61. The van der Waals surface area contributed by atoms with Crippen LogP contribution in [0.4, 0.5) is 0 Å². The third kappa shape index (κ3) is 3.58. The summed E-state index contributed by atoms with van der Waals surface area (Å²) in [5, 5.41) is 3.31. The van der Waals surface area contributed by atoms with E-state index in [1.165, 1.54) is 50.9 Å². The van der Waals surface area contributed by atoms with E-state index in [0.717, 1.165) is 18.4 Å². The molecule has 1 saturated heterocycles. The number of likely N-dealkylation sites (tertiary alicyclic amines) is 1.